The number of anilines is 1. The van der Waals surface area contributed by atoms with Crippen molar-refractivity contribution in [2.45, 2.75) is 24.6 Å². The smallest absolute Gasteiger partial charge is 0.394 e. The molecular weight excluding hydrogens is 278 g/mol. The summed E-state index contributed by atoms with van der Waals surface area (Å²) < 4.78 is 56.3. The monoisotopic (exact) mass is 293 g/mol. The molecule has 1 fully saturated rings. The largest absolute Gasteiger partial charge is 0.416 e. The van der Waals surface area contributed by atoms with E-state index in [9.17, 15) is 22.7 Å². The van der Waals surface area contributed by atoms with Crippen LogP contribution in [-0.2, 0) is 10.9 Å². The highest BCUT2D eigenvalue weighted by atomic mass is 19.4. The maximum Gasteiger partial charge on any atom is 0.416 e. The van der Waals surface area contributed by atoms with Gasteiger partial charge in [0.05, 0.1) is 23.4 Å². The van der Waals surface area contributed by atoms with Crippen molar-refractivity contribution in [3.05, 3.63) is 29.6 Å². The number of hydrogen-bond acceptors (Lipinski definition) is 3. The number of aliphatic hydroxyl groups excluding tert-OH is 1. The van der Waals surface area contributed by atoms with Gasteiger partial charge in [-0.3, -0.25) is 0 Å². The van der Waals surface area contributed by atoms with E-state index in [1.54, 1.807) is 0 Å². The lowest BCUT2D eigenvalue weighted by atomic mass is 9.90. The maximum atomic E-state index is 13.8. The van der Waals surface area contributed by atoms with E-state index in [4.69, 9.17) is 4.74 Å². The fraction of sp³-hybridized carbons (Fsp3) is 0.538. The Morgan fingerprint density at radius 2 is 1.90 bits per heavy atom. The number of benzene rings is 1. The molecule has 0 spiro atoms. The fourth-order valence-electron chi connectivity index (χ4n) is 2.16. The second kappa shape index (κ2) is 5.57. The van der Waals surface area contributed by atoms with Gasteiger partial charge in [-0.1, -0.05) is 0 Å². The van der Waals surface area contributed by atoms with Crippen LogP contribution in [-0.4, -0.2) is 30.5 Å². The second-order valence-electron chi connectivity index (χ2n) is 4.87. The normalized spacial score (nSPS) is 18.9. The van der Waals surface area contributed by atoms with E-state index in [0.29, 0.717) is 32.1 Å². The van der Waals surface area contributed by atoms with E-state index in [0.717, 1.165) is 12.1 Å². The van der Waals surface area contributed by atoms with E-state index >= 15 is 0 Å². The van der Waals surface area contributed by atoms with Gasteiger partial charge in [-0.2, -0.15) is 13.2 Å². The molecule has 0 amide bonds. The molecule has 2 rings (SSSR count). The molecule has 0 saturated carbocycles. The summed E-state index contributed by atoms with van der Waals surface area (Å²) in [5.41, 5.74) is -1.83. The van der Waals surface area contributed by atoms with Gasteiger partial charge in [0.15, 0.2) is 0 Å². The third kappa shape index (κ3) is 3.21. The predicted molar refractivity (Wildman–Crippen MR) is 64.9 cm³/mol. The minimum atomic E-state index is -4.58. The van der Waals surface area contributed by atoms with Crippen LogP contribution >= 0.6 is 0 Å². The molecule has 112 valence electrons. The van der Waals surface area contributed by atoms with E-state index in [2.05, 4.69) is 5.32 Å². The molecule has 0 radical (unpaired) electrons. The molecule has 1 aliphatic heterocycles. The second-order valence-corrected chi connectivity index (χ2v) is 4.87. The van der Waals surface area contributed by atoms with Crippen molar-refractivity contribution in [3.63, 3.8) is 0 Å². The van der Waals surface area contributed by atoms with Crippen molar-refractivity contribution in [1.29, 1.82) is 0 Å². The number of alkyl halides is 3. The summed E-state index contributed by atoms with van der Waals surface area (Å²) in [7, 11) is 0. The highest BCUT2D eigenvalue weighted by molar-refractivity contribution is 5.49. The molecule has 0 aromatic heterocycles. The molecule has 0 bridgehead atoms. The average Bonchev–Trinajstić information content (AvgIpc) is 2.41. The van der Waals surface area contributed by atoms with Gasteiger partial charge in [0.2, 0.25) is 0 Å². The van der Waals surface area contributed by atoms with Crippen molar-refractivity contribution in [1.82, 2.24) is 0 Å². The summed E-state index contributed by atoms with van der Waals surface area (Å²) in [4.78, 5) is 0. The van der Waals surface area contributed by atoms with Crippen LogP contribution in [0.25, 0.3) is 0 Å². The van der Waals surface area contributed by atoms with Crippen molar-refractivity contribution >= 4 is 5.69 Å². The van der Waals surface area contributed by atoms with E-state index < -0.39 is 23.1 Å². The molecular formula is C13H15F4NO2. The Hall–Kier alpha value is -1.34. The van der Waals surface area contributed by atoms with Crippen molar-refractivity contribution in [3.8, 4) is 0 Å². The molecule has 1 aromatic carbocycles. The lowest BCUT2D eigenvalue weighted by molar-refractivity contribution is -0.137. The summed E-state index contributed by atoms with van der Waals surface area (Å²) in [5, 5.41) is 12.3. The lowest BCUT2D eigenvalue weighted by Crippen LogP contribution is -2.47. The van der Waals surface area contributed by atoms with E-state index in [1.165, 1.54) is 0 Å². The predicted octanol–water partition coefficient (Wildman–Crippen LogP) is 2.80. The Morgan fingerprint density at radius 3 is 2.40 bits per heavy atom. The summed E-state index contributed by atoms with van der Waals surface area (Å²) in [6.07, 6.45) is -3.65. The summed E-state index contributed by atoms with van der Waals surface area (Å²) in [5.74, 6) is -0.987. The van der Waals surface area contributed by atoms with Crippen LogP contribution < -0.4 is 5.32 Å². The molecule has 20 heavy (non-hydrogen) atoms. The minimum absolute atomic E-state index is 0.0473. The highest BCUT2D eigenvalue weighted by Gasteiger charge is 2.34. The van der Waals surface area contributed by atoms with Gasteiger partial charge in [0, 0.05) is 13.2 Å². The third-order valence-electron chi connectivity index (χ3n) is 3.45. The number of aliphatic hydroxyl groups is 1. The molecule has 1 saturated heterocycles. The van der Waals surface area contributed by atoms with Gasteiger partial charge in [0.1, 0.15) is 5.82 Å². The van der Waals surface area contributed by atoms with Crippen LogP contribution in [0.2, 0.25) is 0 Å². The lowest BCUT2D eigenvalue weighted by Gasteiger charge is -2.37. The van der Waals surface area contributed by atoms with Crippen molar-refractivity contribution in [2.24, 2.45) is 0 Å². The van der Waals surface area contributed by atoms with Crippen LogP contribution in [0.4, 0.5) is 23.2 Å². The zero-order chi connectivity index (χ0) is 14.8. The summed E-state index contributed by atoms with van der Waals surface area (Å²) in [6, 6.07) is 2.31. The number of hydrogen-bond donors (Lipinski definition) is 2. The zero-order valence-corrected chi connectivity index (χ0v) is 10.6. The summed E-state index contributed by atoms with van der Waals surface area (Å²) in [6.45, 7) is 0.586. The van der Waals surface area contributed by atoms with Crippen LogP contribution in [0.3, 0.4) is 0 Å². The molecule has 0 atom stereocenters. The third-order valence-corrected chi connectivity index (χ3v) is 3.45. The molecule has 1 heterocycles. The number of ether oxygens (including phenoxy) is 1. The Balaban J connectivity index is 2.21. The Bertz CT molecular complexity index is 470. The van der Waals surface area contributed by atoms with Crippen LogP contribution in [0.5, 0.6) is 0 Å². The maximum absolute atomic E-state index is 13.8. The molecule has 0 unspecified atom stereocenters. The Labute approximate surface area is 113 Å². The number of halogens is 4. The standard InChI is InChI=1S/C13H15F4NO2/c14-10-7-9(13(15,16)17)1-2-11(10)18-12(8-19)3-5-20-6-4-12/h1-2,7,18-19H,3-6,8H2. The van der Waals surface area contributed by atoms with Gasteiger partial charge in [-0.05, 0) is 31.0 Å². The summed E-state index contributed by atoms with van der Waals surface area (Å²) >= 11 is 0. The van der Waals surface area contributed by atoms with Crippen LogP contribution in [0.1, 0.15) is 18.4 Å². The first kappa shape index (κ1) is 15.1. The molecule has 1 aromatic rings. The van der Waals surface area contributed by atoms with Crippen molar-refractivity contribution < 1.29 is 27.4 Å². The van der Waals surface area contributed by atoms with E-state index in [1.807, 2.05) is 0 Å². The van der Waals surface area contributed by atoms with Gasteiger partial charge in [-0.25, -0.2) is 4.39 Å². The van der Waals surface area contributed by atoms with Crippen LogP contribution in [0, 0.1) is 5.82 Å². The molecule has 1 aliphatic rings. The molecule has 7 heteroatoms. The Kier molecular flexibility index (Phi) is 4.19. The first-order valence-corrected chi connectivity index (χ1v) is 6.20. The minimum Gasteiger partial charge on any atom is -0.394 e. The van der Waals surface area contributed by atoms with Gasteiger partial charge in [-0.15, -0.1) is 0 Å². The Morgan fingerprint density at radius 1 is 1.25 bits per heavy atom. The quantitative estimate of drug-likeness (QED) is 0.842. The average molecular weight is 293 g/mol. The van der Waals surface area contributed by atoms with Gasteiger partial charge in [0.25, 0.3) is 0 Å². The van der Waals surface area contributed by atoms with Crippen LogP contribution in [0.15, 0.2) is 18.2 Å². The number of nitrogens with one attached hydrogen (secondary N) is 1. The van der Waals surface area contributed by atoms with Gasteiger partial charge < -0.3 is 15.2 Å². The van der Waals surface area contributed by atoms with Gasteiger partial charge >= 0.3 is 6.18 Å². The zero-order valence-electron chi connectivity index (χ0n) is 10.6. The highest BCUT2D eigenvalue weighted by Crippen LogP contribution is 2.33. The number of rotatable bonds is 3. The molecule has 0 aliphatic carbocycles. The first-order chi connectivity index (χ1) is 9.36. The molecule has 2 N–H and O–H groups in total. The topological polar surface area (TPSA) is 41.5 Å². The first-order valence-electron chi connectivity index (χ1n) is 6.20. The van der Waals surface area contributed by atoms with E-state index in [-0.39, 0.29) is 12.3 Å². The fourth-order valence-corrected chi connectivity index (χ4v) is 2.16. The van der Waals surface area contributed by atoms with Crippen molar-refractivity contribution in [2.75, 3.05) is 25.1 Å². The SMILES string of the molecule is OCC1(Nc2ccc(C(F)(F)F)cc2F)CCOCC1. The molecule has 3 nitrogen and oxygen atoms in total.